The number of benzene rings is 2. The van der Waals surface area contributed by atoms with E-state index < -0.39 is 33.4 Å². The van der Waals surface area contributed by atoms with E-state index in [0.29, 0.717) is 31.9 Å². The Kier molecular flexibility index (Phi) is 9.88. The van der Waals surface area contributed by atoms with Crippen LogP contribution in [0.25, 0.3) is 0 Å². The summed E-state index contributed by atoms with van der Waals surface area (Å²) < 4.78 is 42.5. The van der Waals surface area contributed by atoms with Crippen LogP contribution < -0.4 is 4.74 Å². The zero-order chi connectivity index (χ0) is 26.0. The summed E-state index contributed by atoms with van der Waals surface area (Å²) in [6.07, 6.45) is 0. The molecule has 8 nitrogen and oxygen atoms in total. The molecule has 0 radical (unpaired) electrons. The van der Waals surface area contributed by atoms with E-state index in [1.54, 1.807) is 18.2 Å². The van der Waals surface area contributed by atoms with E-state index >= 15 is 0 Å². The maximum atomic E-state index is 13.1. The fraction of sp³-hybridized carbons (Fsp3) is 0.440. The van der Waals surface area contributed by atoms with Crippen molar-refractivity contribution in [3.63, 3.8) is 0 Å². The molecular formula is C25H28Cl3NO7S. The minimum atomic E-state index is -4.01. The summed E-state index contributed by atoms with van der Waals surface area (Å²) in [4.78, 5) is 28.1. The highest BCUT2D eigenvalue weighted by molar-refractivity contribution is 7.93. The number of carbonyl (C=O) groups is 2. The largest absolute Gasteiger partial charge is 0.491 e. The van der Waals surface area contributed by atoms with Gasteiger partial charge in [-0.2, -0.15) is 0 Å². The van der Waals surface area contributed by atoms with Crippen LogP contribution in [0.2, 0.25) is 10.0 Å². The summed E-state index contributed by atoms with van der Waals surface area (Å²) in [5.74, 6) is -1.32. The smallest absolute Gasteiger partial charge is 0.341 e. The Morgan fingerprint density at radius 2 is 1.86 bits per heavy atom. The number of carbonyl (C=O) groups excluding carboxylic acids is 2. The van der Waals surface area contributed by atoms with Crippen molar-refractivity contribution in [2.75, 3.05) is 46.1 Å². The van der Waals surface area contributed by atoms with Crippen molar-refractivity contribution in [2.45, 2.75) is 29.9 Å². The maximum absolute atomic E-state index is 13.1. The predicted octanol–water partition coefficient (Wildman–Crippen LogP) is 4.45. The Morgan fingerprint density at radius 1 is 1.16 bits per heavy atom. The number of Topliss-reactive ketones (excluding diaryl/α,β-unsaturated/α-hetero) is 1. The first-order chi connectivity index (χ1) is 17.1. The summed E-state index contributed by atoms with van der Waals surface area (Å²) in [5.41, 5.74) is 0.661. The average Bonchev–Trinajstić information content (AvgIpc) is 3.04. The Balaban J connectivity index is 0.00000380. The Hall–Kier alpha value is -1.88. The molecule has 0 amide bonds. The topological polar surface area (TPSA) is 99.2 Å². The first-order valence-electron chi connectivity index (χ1n) is 11.6. The summed E-state index contributed by atoms with van der Waals surface area (Å²) >= 11 is 12.6. The highest BCUT2D eigenvalue weighted by Gasteiger charge is 2.46. The molecular weight excluding hydrogens is 565 g/mol. The molecule has 37 heavy (non-hydrogen) atoms. The fourth-order valence-corrected chi connectivity index (χ4v) is 6.62. The van der Waals surface area contributed by atoms with E-state index in [2.05, 4.69) is 4.90 Å². The molecule has 2 aliphatic heterocycles. The summed E-state index contributed by atoms with van der Waals surface area (Å²) in [7, 11) is -4.01. The lowest BCUT2D eigenvalue weighted by Crippen LogP contribution is -2.38. The van der Waals surface area contributed by atoms with Crippen molar-refractivity contribution in [3.05, 3.63) is 57.1 Å². The van der Waals surface area contributed by atoms with E-state index in [1.807, 2.05) is 13.8 Å². The van der Waals surface area contributed by atoms with E-state index in [0.717, 1.165) is 13.1 Å². The molecule has 4 rings (SSSR count). The number of rotatable bonds is 8. The number of hydrogen-bond acceptors (Lipinski definition) is 8. The maximum Gasteiger partial charge on any atom is 0.341 e. The van der Waals surface area contributed by atoms with Crippen molar-refractivity contribution in [2.24, 2.45) is 0 Å². The molecule has 1 unspecified atom stereocenters. The Labute approximate surface area is 232 Å². The number of halogens is 3. The van der Waals surface area contributed by atoms with Crippen LogP contribution in [-0.2, 0) is 19.3 Å². The van der Waals surface area contributed by atoms with Crippen LogP contribution in [0.5, 0.6) is 5.75 Å². The number of fused-ring (bicyclic) bond motifs is 1. The van der Waals surface area contributed by atoms with Gasteiger partial charge in [-0.05, 0) is 29.7 Å². The van der Waals surface area contributed by atoms with E-state index in [4.69, 9.17) is 37.4 Å². The molecule has 12 heteroatoms. The van der Waals surface area contributed by atoms with Gasteiger partial charge in [-0.3, -0.25) is 9.69 Å². The SMILES string of the molecule is CC(C)c1cccc2c1C(=O)C(COC(=O)c1c(Cl)ccc(OCCN3CCOCC3)c1Cl)S2(=O)=O.Cl. The molecule has 0 N–H and O–H groups in total. The second-order valence-corrected chi connectivity index (χ2v) is 11.8. The van der Waals surface area contributed by atoms with Crippen LogP contribution in [0.15, 0.2) is 35.2 Å². The van der Waals surface area contributed by atoms with Crippen LogP contribution >= 0.6 is 35.6 Å². The molecule has 1 atom stereocenters. The number of ketones is 1. The molecule has 2 aliphatic rings. The standard InChI is InChI=1S/C25H27Cl2NO7S.ClH/c1-15(2)16-4-3-5-19-21(16)24(29)20(36(19,31)32)14-35-25(30)22-17(26)6-7-18(23(22)27)34-13-10-28-8-11-33-12-9-28;/h3-7,15,20H,8-14H2,1-2H3;1H. The molecule has 2 heterocycles. The number of nitrogens with zero attached hydrogens (tertiary/aromatic N) is 1. The minimum Gasteiger partial charge on any atom is -0.491 e. The van der Waals surface area contributed by atoms with Gasteiger partial charge >= 0.3 is 5.97 Å². The highest BCUT2D eigenvalue weighted by Crippen LogP contribution is 2.37. The van der Waals surface area contributed by atoms with Gasteiger partial charge in [0.2, 0.25) is 0 Å². The van der Waals surface area contributed by atoms with Crippen LogP contribution in [0.4, 0.5) is 0 Å². The van der Waals surface area contributed by atoms with Crippen molar-refractivity contribution >= 4 is 57.2 Å². The predicted molar refractivity (Wildman–Crippen MR) is 143 cm³/mol. The highest BCUT2D eigenvalue weighted by atomic mass is 35.5. The molecule has 0 spiro atoms. The molecule has 1 saturated heterocycles. The van der Waals surface area contributed by atoms with Gasteiger partial charge in [0.05, 0.1) is 28.2 Å². The third-order valence-electron chi connectivity index (χ3n) is 6.29. The zero-order valence-electron chi connectivity index (χ0n) is 20.4. The number of esters is 1. The molecule has 0 bridgehead atoms. The number of ether oxygens (including phenoxy) is 3. The molecule has 202 valence electrons. The lowest BCUT2D eigenvalue weighted by atomic mass is 9.94. The van der Waals surface area contributed by atoms with E-state index in [9.17, 15) is 18.0 Å². The zero-order valence-corrected chi connectivity index (χ0v) is 23.5. The lowest BCUT2D eigenvalue weighted by Gasteiger charge is -2.26. The van der Waals surface area contributed by atoms with Gasteiger partial charge in [-0.15, -0.1) is 12.4 Å². The summed E-state index contributed by atoms with van der Waals surface area (Å²) in [6.45, 7) is 7.04. The van der Waals surface area contributed by atoms with Crippen LogP contribution in [0.3, 0.4) is 0 Å². The molecule has 2 aromatic carbocycles. The number of sulfone groups is 1. The minimum absolute atomic E-state index is 0. The summed E-state index contributed by atoms with van der Waals surface area (Å²) in [6, 6.07) is 7.75. The fourth-order valence-electron chi connectivity index (χ4n) is 4.32. The number of morpholine rings is 1. The van der Waals surface area contributed by atoms with Gasteiger partial charge in [0.25, 0.3) is 0 Å². The molecule has 0 saturated carbocycles. The Bertz CT molecular complexity index is 1280. The quantitative estimate of drug-likeness (QED) is 0.415. The van der Waals surface area contributed by atoms with Gasteiger partial charge in [0.1, 0.15) is 24.5 Å². The molecule has 1 fully saturated rings. The third kappa shape index (κ3) is 6.08. The first-order valence-corrected chi connectivity index (χ1v) is 13.9. The van der Waals surface area contributed by atoms with Gasteiger partial charge in [-0.25, -0.2) is 13.2 Å². The van der Waals surface area contributed by atoms with Crippen molar-refractivity contribution in [1.29, 1.82) is 0 Å². The molecule has 2 aromatic rings. The van der Waals surface area contributed by atoms with Gasteiger partial charge < -0.3 is 14.2 Å². The lowest BCUT2D eigenvalue weighted by molar-refractivity contribution is 0.0322. The van der Waals surface area contributed by atoms with Gasteiger partial charge in [0.15, 0.2) is 20.9 Å². The average molecular weight is 593 g/mol. The first kappa shape index (κ1) is 29.7. The van der Waals surface area contributed by atoms with Crippen molar-refractivity contribution in [3.8, 4) is 5.75 Å². The van der Waals surface area contributed by atoms with Crippen molar-refractivity contribution in [1.82, 2.24) is 4.90 Å². The van der Waals surface area contributed by atoms with E-state index in [-0.39, 0.29) is 50.1 Å². The van der Waals surface area contributed by atoms with E-state index in [1.165, 1.54) is 12.1 Å². The molecule has 0 aliphatic carbocycles. The molecule has 0 aromatic heterocycles. The van der Waals surface area contributed by atoms with Crippen molar-refractivity contribution < 1.29 is 32.2 Å². The van der Waals surface area contributed by atoms with Crippen LogP contribution in [-0.4, -0.2) is 76.4 Å². The monoisotopic (exact) mass is 591 g/mol. The Morgan fingerprint density at radius 3 is 2.54 bits per heavy atom. The third-order valence-corrected chi connectivity index (χ3v) is 9.04. The second kappa shape index (κ2) is 12.3. The van der Waals surface area contributed by atoms with Crippen LogP contribution in [0, 0.1) is 0 Å². The summed E-state index contributed by atoms with van der Waals surface area (Å²) in [5, 5.41) is -1.54. The van der Waals surface area contributed by atoms with Crippen LogP contribution in [0.1, 0.15) is 46.0 Å². The second-order valence-electron chi connectivity index (χ2n) is 8.91. The normalized spacial score (nSPS) is 18.8. The van der Waals surface area contributed by atoms with Gasteiger partial charge in [-0.1, -0.05) is 49.2 Å². The number of hydrogen-bond donors (Lipinski definition) is 0. The van der Waals surface area contributed by atoms with Gasteiger partial charge in [0, 0.05) is 25.2 Å².